The van der Waals surface area contributed by atoms with Crippen molar-refractivity contribution in [3.8, 4) is 0 Å². The van der Waals surface area contributed by atoms with E-state index in [1.54, 1.807) is 31.4 Å². The van der Waals surface area contributed by atoms with Crippen LogP contribution in [0.25, 0.3) is 11.0 Å². The van der Waals surface area contributed by atoms with Crippen molar-refractivity contribution in [2.24, 2.45) is 0 Å². The largest absolute Gasteiger partial charge is 0.383 e. The number of anilines is 1. The maximum absolute atomic E-state index is 13.6. The van der Waals surface area contributed by atoms with Crippen molar-refractivity contribution in [1.29, 1.82) is 0 Å². The van der Waals surface area contributed by atoms with E-state index in [-0.39, 0.29) is 17.3 Å². The van der Waals surface area contributed by atoms with Gasteiger partial charge in [0, 0.05) is 18.7 Å². The van der Waals surface area contributed by atoms with E-state index in [0.29, 0.717) is 23.3 Å². The van der Waals surface area contributed by atoms with Crippen LogP contribution in [0.4, 0.5) is 10.1 Å². The van der Waals surface area contributed by atoms with Crippen molar-refractivity contribution in [2.75, 3.05) is 24.8 Å². The summed E-state index contributed by atoms with van der Waals surface area (Å²) in [5, 5.41) is 3.85. The second-order valence-electron chi connectivity index (χ2n) is 5.49. The predicted octanol–water partition coefficient (Wildman–Crippen LogP) is 4.21. The lowest BCUT2D eigenvalue weighted by atomic mass is 10.3. The number of amides is 1. The number of rotatable bonds is 7. The Balaban J connectivity index is 1.75. The fourth-order valence-electron chi connectivity index (χ4n) is 2.47. The zero-order chi connectivity index (χ0) is 18.5. The number of ether oxygens (including phenoxy) is 1. The van der Waals surface area contributed by atoms with E-state index in [9.17, 15) is 9.18 Å². The lowest BCUT2D eigenvalue weighted by molar-refractivity contribution is -0.113. The van der Waals surface area contributed by atoms with Crippen molar-refractivity contribution in [2.45, 2.75) is 11.7 Å². The molecule has 0 saturated carbocycles. The lowest BCUT2D eigenvalue weighted by Crippen LogP contribution is -2.15. The minimum Gasteiger partial charge on any atom is -0.383 e. The molecule has 1 amide bonds. The number of fused-ring (bicyclic) bond motifs is 1. The first kappa shape index (κ1) is 18.7. The molecule has 1 heterocycles. The standard InChI is InChI=1S/C18H17ClFN3O2S/c1-25-9-8-23-16-7-6-12(19)10-15(16)22-18(23)26-11-17(24)21-14-5-3-2-4-13(14)20/h2-7,10H,8-9,11H2,1H3,(H,21,24). The molecule has 0 bridgehead atoms. The smallest absolute Gasteiger partial charge is 0.234 e. The Morgan fingerprint density at radius 3 is 2.92 bits per heavy atom. The monoisotopic (exact) mass is 393 g/mol. The number of nitrogens with zero attached hydrogens (tertiary/aromatic N) is 2. The first-order valence-corrected chi connectivity index (χ1v) is 9.26. The number of nitrogens with one attached hydrogen (secondary N) is 1. The molecular weight excluding hydrogens is 377 g/mol. The van der Waals surface area contributed by atoms with Gasteiger partial charge in [-0.15, -0.1) is 0 Å². The molecule has 136 valence electrons. The number of aromatic nitrogens is 2. The Bertz CT molecular complexity index is 932. The van der Waals surface area contributed by atoms with Gasteiger partial charge in [0.05, 0.1) is 29.1 Å². The van der Waals surface area contributed by atoms with E-state index >= 15 is 0 Å². The highest BCUT2D eigenvalue weighted by Gasteiger charge is 2.14. The van der Waals surface area contributed by atoms with Crippen LogP contribution in [0.15, 0.2) is 47.6 Å². The Morgan fingerprint density at radius 2 is 2.15 bits per heavy atom. The van der Waals surface area contributed by atoms with Gasteiger partial charge in [0.2, 0.25) is 5.91 Å². The quantitative estimate of drug-likeness (QED) is 0.611. The molecule has 0 saturated heterocycles. The Hall–Kier alpha value is -2.09. The van der Waals surface area contributed by atoms with Crippen LogP contribution >= 0.6 is 23.4 Å². The first-order valence-electron chi connectivity index (χ1n) is 7.90. The van der Waals surface area contributed by atoms with Crippen LogP contribution in [0.5, 0.6) is 0 Å². The van der Waals surface area contributed by atoms with Crippen LogP contribution in [0.1, 0.15) is 0 Å². The number of carbonyl (C=O) groups excluding carboxylic acids is 1. The maximum atomic E-state index is 13.6. The molecule has 3 aromatic rings. The summed E-state index contributed by atoms with van der Waals surface area (Å²) in [6.45, 7) is 1.12. The summed E-state index contributed by atoms with van der Waals surface area (Å²) >= 11 is 7.32. The second-order valence-corrected chi connectivity index (χ2v) is 6.87. The highest BCUT2D eigenvalue weighted by molar-refractivity contribution is 7.99. The summed E-state index contributed by atoms with van der Waals surface area (Å²) in [6, 6.07) is 11.5. The molecule has 0 fully saturated rings. The number of hydrogen-bond acceptors (Lipinski definition) is 4. The molecule has 0 aliphatic rings. The zero-order valence-electron chi connectivity index (χ0n) is 14.0. The molecule has 1 aromatic heterocycles. The molecule has 2 aromatic carbocycles. The van der Waals surface area contributed by atoms with Gasteiger partial charge in [-0.25, -0.2) is 9.37 Å². The normalized spacial score (nSPS) is 11.0. The maximum Gasteiger partial charge on any atom is 0.234 e. The minimum absolute atomic E-state index is 0.109. The van der Waals surface area contributed by atoms with Crippen molar-refractivity contribution < 1.29 is 13.9 Å². The molecule has 3 rings (SSSR count). The van der Waals surface area contributed by atoms with Crippen molar-refractivity contribution in [3.05, 3.63) is 53.3 Å². The van der Waals surface area contributed by atoms with Crippen LogP contribution in [-0.2, 0) is 16.1 Å². The third-order valence-electron chi connectivity index (χ3n) is 3.67. The third-order valence-corrected chi connectivity index (χ3v) is 4.89. The average molecular weight is 394 g/mol. The Morgan fingerprint density at radius 1 is 1.35 bits per heavy atom. The summed E-state index contributed by atoms with van der Waals surface area (Å²) < 4.78 is 20.8. The molecule has 0 radical (unpaired) electrons. The molecule has 0 spiro atoms. The lowest BCUT2D eigenvalue weighted by Gasteiger charge is -2.09. The van der Waals surface area contributed by atoms with Crippen molar-refractivity contribution >= 4 is 46.0 Å². The van der Waals surface area contributed by atoms with Crippen LogP contribution in [0.3, 0.4) is 0 Å². The molecule has 1 N–H and O–H groups in total. The number of methoxy groups -OCH3 is 1. The zero-order valence-corrected chi connectivity index (χ0v) is 15.6. The number of halogens is 2. The van der Waals surface area contributed by atoms with E-state index in [4.69, 9.17) is 16.3 Å². The van der Waals surface area contributed by atoms with E-state index in [2.05, 4.69) is 10.3 Å². The summed E-state index contributed by atoms with van der Waals surface area (Å²) in [6.07, 6.45) is 0. The Labute approximate surface area is 159 Å². The number of para-hydroxylation sites is 1. The van der Waals surface area contributed by atoms with Gasteiger partial charge in [0.1, 0.15) is 5.82 Å². The summed E-state index contributed by atoms with van der Waals surface area (Å²) in [7, 11) is 1.63. The predicted molar refractivity (Wildman–Crippen MR) is 102 cm³/mol. The SMILES string of the molecule is COCCn1c(SCC(=O)Nc2ccccc2F)nc2cc(Cl)ccc21. The van der Waals surface area contributed by atoms with E-state index in [1.165, 1.54) is 23.9 Å². The number of benzene rings is 2. The molecular formula is C18H17ClFN3O2S. The first-order chi connectivity index (χ1) is 12.6. The summed E-state index contributed by atoms with van der Waals surface area (Å²) in [5.41, 5.74) is 1.84. The molecule has 0 aliphatic carbocycles. The highest BCUT2D eigenvalue weighted by Crippen LogP contribution is 2.26. The summed E-state index contributed by atoms with van der Waals surface area (Å²) in [4.78, 5) is 16.7. The second kappa shape index (κ2) is 8.53. The van der Waals surface area contributed by atoms with Crippen LogP contribution in [-0.4, -0.2) is 34.9 Å². The number of hydrogen-bond donors (Lipinski definition) is 1. The molecule has 26 heavy (non-hydrogen) atoms. The average Bonchev–Trinajstić information content (AvgIpc) is 2.96. The van der Waals surface area contributed by atoms with Crippen LogP contribution in [0.2, 0.25) is 5.02 Å². The molecule has 8 heteroatoms. The fraction of sp³-hybridized carbons (Fsp3) is 0.222. The minimum atomic E-state index is -0.465. The Kier molecular flexibility index (Phi) is 6.13. The fourth-order valence-corrected chi connectivity index (χ4v) is 3.48. The van der Waals surface area contributed by atoms with Gasteiger partial charge < -0.3 is 14.6 Å². The number of imidazole rings is 1. The van der Waals surface area contributed by atoms with Gasteiger partial charge in [-0.1, -0.05) is 35.5 Å². The third kappa shape index (κ3) is 4.35. The van der Waals surface area contributed by atoms with Crippen LogP contribution in [0, 0.1) is 5.82 Å². The topological polar surface area (TPSA) is 56.1 Å². The van der Waals surface area contributed by atoms with Crippen LogP contribution < -0.4 is 5.32 Å². The highest BCUT2D eigenvalue weighted by atomic mass is 35.5. The molecule has 0 aliphatic heterocycles. The van der Waals surface area contributed by atoms with Gasteiger partial charge in [-0.2, -0.15) is 0 Å². The van der Waals surface area contributed by atoms with Gasteiger partial charge in [0.15, 0.2) is 5.16 Å². The summed E-state index contributed by atoms with van der Waals surface area (Å²) in [5.74, 6) is -0.658. The number of thioether (sulfide) groups is 1. The van der Waals surface area contributed by atoms with E-state index in [1.807, 2.05) is 10.6 Å². The molecule has 0 atom stereocenters. The van der Waals surface area contributed by atoms with E-state index < -0.39 is 5.82 Å². The van der Waals surface area contributed by atoms with E-state index in [0.717, 1.165) is 11.0 Å². The number of carbonyl (C=O) groups is 1. The van der Waals surface area contributed by atoms with Gasteiger partial charge in [0.25, 0.3) is 0 Å². The molecule has 0 unspecified atom stereocenters. The van der Waals surface area contributed by atoms with Gasteiger partial charge >= 0.3 is 0 Å². The molecule has 5 nitrogen and oxygen atoms in total. The van der Waals surface area contributed by atoms with Gasteiger partial charge in [-0.3, -0.25) is 4.79 Å². The van der Waals surface area contributed by atoms with Gasteiger partial charge in [-0.05, 0) is 30.3 Å². The van der Waals surface area contributed by atoms with Crippen molar-refractivity contribution in [1.82, 2.24) is 9.55 Å². The van der Waals surface area contributed by atoms with Crippen molar-refractivity contribution in [3.63, 3.8) is 0 Å².